The lowest BCUT2D eigenvalue weighted by atomic mass is 9.72. The molecular formula is C17H22N4O3S. The van der Waals surface area contributed by atoms with Crippen molar-refractivity contribution in [1.82, 2.24) is 10.2 Å². The van der Waals surface area contributed by atoms with Crippen molar-refractivity contribution in [2.45, 2.75) is 39.9 Å². The maximum atomic E-state index is 12.5. The van der Waals surface area contributed by atoms with Gasteiger partial charge in [-0.25, -0.2) is 0 Å². The minimum absolute atomic E-state index is 0.0173. The van der Waals surface area contributed by atoms with Crippen molar-refractivity contribution in [2.75, 3.05) is 18.8 Å². The summed E-state index contributed by atoms with van der Waals surface area (Å²) in [6.45, 7) is 8.30. The van der Waals surface area contributed by atoms with Crippen LogP contribution in [0.25, 0.3) is 0 Å². The van der Waals surface area contributed by atoms with Gasteiger partial charge in [0.25, 0.3) is 0 Å². The van der Waals surface area contributed by atoms with Gasteiger partial charge in [-0.05, 0) is 13.8 Å². The smallest absolute Gasteiger partial charge is 0.243 e. The fraction of sp³-hybridized carbons (Fsp3) is 0.647. The van der Waals surface area contributed by atoms with E-state index >= 15 is 0 Å². The van der Waals surface area contributed by atoms with Crippen LogP contribution in [0.1, 0.15) is 27.7 Å². The molecule has 2 heterocycles. The van der Waals surface area contributed by atoms with Crippen LogP contribution in [0.15, 0.2) is 10.6 Å². The molecule has 2 amide bonds. The van der Waals surface area contributed by atoms with Crippen LogP contribution in [-0.4, -0.2) is 47.8 Å². The normalized spacial score (nSPS) is 28.8. The summed E-state index contributed by atoms with van der Waals surface area (Å²) >= 11 is 1.14. The lowest BCUT2D eigenvalue weighted by Gasteiger charge is -2.36. The summed E-state index contributed by atoms with van der Waals surface area (Å²) in [5, 5.41) is 21.7. The van der Waals surface area contributed by atoms with Crippen LogP contribution >= 0.6 is 11.8 Å². The van der Waals surface area contributed by atoms with Gasteiger partial charge in [-0.15, -0.1) is 0 Å². The molecule has 2 aliphatic rings. The molecule has 0 aromatic heterocycles. The van der Waals surface area contributed by atoms with Gasteiger partial charge < -0.3 is 15.0 Å². The van der Waals surface area contributed by atoms with Crippen LogP contribution < -0.4 is 5.32 Å². The van der Waals surface area contributed by atoms with Gasteiger partial charge in [0.05, 0.1) is 40.7 Å². The predicted molar refractivity (Wildman–Crippen MR) is 92.7 cm³/mol. The zero-order valence-electron chi connectivity index (χ0n) is 14.8. The number of carbonyl (C=O) groups is 2. The summed E-state index contributed by atoms with van der Waals surface area (Å²) in [6.07, 6.45) is -0.0347. The van der Waals surface area contributed by atoms with E-state index in [1.54, 1.807) is 18.7 Å². The molecule has 0 radical (unpaired) electrons. The number of hydrogen-bond acceptors (Lipinski definition) is 6. The SMILES string of the molecule is C[C@@H]1CN(C(=O)CSC2=C(C#N)C(C)(C)[C@H](C#N)C(=O)N2)C[C@H](C)O1. The number of thioether (sulfide) groups is 1. The molecule has 3 atom stereocenters. The third-order valence-electron chi connectivity index (χ3n) is 4.45. The number of hydrogen-bond donors (Lipinski definition) is 1. The van der Waals surface area contributed by atoms with E-state index in [4.69, 9.17) is 4.74 Å². The first-order valence-corrected chi connectivity index (χ1v) is 9.10. The summed E-state index contributed by atoms with van der Waals surface area (Å²) < 4.78 is 5.62. The fourth-order valence-corrected chi connectivity index (χ4v) is 4.22. The quantitative estimate of drug-likeness (QED) is 0.813. The Morgan fingerprint density at radius 3 is 2.48 bits per heavy atom. The van der Waals surface area contributed by atoms with Crippen LogP contribution in [0, 0.1) is 34.0 Å². The van der Waals surface area contributed by atoms with Crippen LogP contribution in [0.2, 0.25) is 0 Å². The summed E-state index contributed by atoms with van der Waals surface area (Å²) in [5.74, 6) is -1.31. The third-order valence-corrected chi connectivity index (χ3v) is 5.43. The van der Waals surface area contributed by atoms with Crippen molar-refractivity contribution in [2.24, 2.45) is 11.3 Å². The minimum atomic E-state index is -0.928. The molecule has 7 nitrogen and oxygen atoms in total. The molecule has 1 N–H and O–H groups in total. The van der Waals surface area contributed by atoms with Gasteiger partial charge in [-0.2, -0.15) is 10.5 Å². The summed E-state index contributed by atoms with van der Waals surface area (Å²) in [5.41, 5.74) is -0.556. The first-order chi connectivity index (χ1) is 11.7. The van der Waals surface area contributed by atoms with E-state index in [9.17, 15) is 20.1 Å². The van der Waals surface area contributed by atoms with E-state index in [0.717, 1.165) is 11.8 Å². The van der Waals surface area contributed by atoms with E-state index in [2.05, 4.69) is 11.4 Å². The number of amides is 2. The average molecular weight is 362 g/mol. The highest BCUT2D eigenvalue weighted by Gasteiger charge is 2.44. The largest absolute Gasteiger partial charge is 0.372 e. The maximum absolute atomic E-state index is 12.5. The molecule has 0 bridgehead atoms. The van der Waals surface area contributed by atoms with Gasteiger partial charge in [-0.1, -0.05) is 25.6 Å². The van der Waals surface area contributed by atoms with E-state index in [0.29, 0.717) is 23.7 Å². The molecule has 134 valence electrons. The predicted octanol–water partition coefficient (Wildman–Crippen LogP) is 1.39. The molecule has 8 heteroatoms. The molecule has 0 saturated carbocycles. The van der Waals surface area contributed by atoms with Gasteiger partial charge in [0, 0.05) is 18.5 Å². The highest BCUT2D eigenvalue weighted by Crippen LogP contribution is 2.41. The van der Waals surface area contributed by atoms with Crippen molar-refractivity contribution < 1.29 is 14.3 Å². The number of morpholine rings is 1. The molecular weight excluding hydrogens is 340 g/mol. The molecule has 0 aromatic carbocycles. The first kappa shape index (κ1) is 19.3. The summed E-state index contributed by atoms with van der Waals surface area (Å²) in [7, 11) is 0. The highest BCUT2D eigenvalue weighted by atomic mass is 32.2. The van der Waals surface area contributed by atoms with Gasteiger partial charge >= 0.3 is 0 Å². The van der Waals surface area contributed by atoms with Crippen molar-refractivity contribution in [3.05, 3.63) is 10.6 Å². The molecule has 0 spiro atoms. The number of carbonyl (C=O) groups excluding carboxylic acids is 2. The number of allylic oxidation sites excluding steroid dienone is 1. The zero-order chi connectivity index (χ0) is 18.8. The van der Waals surface area contributed by atoms with Crippen LogP contribution in [0.5, 0.6) is 0 Å². The molecule has 1 fully saturated rings. The Balaban J connectivity index is 2.12. The van der Waals surface area contributed by atoms with Crippen molar-refractivity contribution in [3.8, 4) is 12.1 Å². The number of ether oxygens (including phenoxy) is 1. The molecule has 25 heavy (non-hydrogen) atoms. The van der Waals surface area contributed by atoms with Crippen LogP contribution in [0.3, 0.4) is 0 Å². The topological polar surface area (TPSA) is 106 Å². The van der Waals surface area contributed by atoms with E-state index in [-0.39, 0.29) is 23.9 Å². The van der Waals surface area contributed by atoms with Crippen LogP contribution in [0.4, 0.5) is 0 Å². The van der Waals surface area contributed by atoms with E-state index < -0.39 is 17.2 Å². The second kappa shape index (κ2) is 7.47. The minimum Gasteiger partial charge on any atom is -0.372 e. The highest BCUT2D eigenvalue weighted by molar-refractivity contribution is 8.03. The molecule has 0 aliphatic carbocycles. The Morgan fingerprint density at radius 2 is 1.96 bits per heavy atom. The standard InChI is InChI=1S/C17H22N4O3S/c1-10-7-21(8-11(2)24-10)14(22)9-25-16-13(6-19)17(3,4)12(5-18)15(23)20-16/h10-12H,7-9H2,1-4H3,(H,20,23)/t10-,11+,12-/m1/s1. The maximum Gasteiger partial charge on any atom is 0.243 e. The Bertz CT molecular complexity index is 679. The number of nitrogens with one attached hydrogen (secondary N) is 1. The van der Waals surface area contributed by atoms with Gasteiger partial charge in [0.1, 0.15) is 5.92 Å². The van der Waals surface area contributed by atoms with Crippen molar-refractivity contribution in [1.29, 1.82) is 10.5 Å². The van der Waals surface area contributed by atoms with Crippen molar-refractivity contribution >= 4 is 23.6 Å². The lowest BCUT2D eigenvalue weighted by Crippen LogP contribution is -2.49. The van der Waals surface area contributed by atoms with Crippen molar-refractivity contribution in [3.63, 3.8) is 0 Å². The van der Waals surface area contributed by atoms with Gasteiger partial charge in [0.2, 0.25) is 11.8 Å². The first-order valence-electron chi connectivity index (χ1n) is 8.12. The number of rotatable bonds is 3. The monoisotopic (exact) mass is 362 g/mol. The molecule has 2 aliphatic heterocycles. The Morgan fingerprint density at radius 1 is 1.36 bits per heavy atom. The Labute approximate surface area is 152 Å². The van der Waals surface area contributed by atoms with Gasteiger partial charge in [0.15, 0.2) is 0 Å². The Kier molecular flexibility index (Phi) is 5.76. The summed E-state index contributed by atoms with van der Waals surface area (Å²) in [4.78, 5) is 26.4. The molecule has 2 rings (SSSR count). The second-order valence-electron chi connectivity index (χ2n) is 6.93. The lowest BCUT2D eigenvalue weighted by molar-refractivity contribution is -0.140. The fourth-order valence-electron chi connectivity index (χ4n) is 3.14. The third kappa shape index (κ3) is 3.97. The average Bonchev–Trinajstić information content (AvgIpc) is 2.51. The summed E-state index contributed by atoms with van der Waals surface area (Å²) in [6, 6.07) is 4.05. The van der Waals surface area contributed by atoms with E-state index in [1.165, 1.54) is 0 Å². The molecule has 0 unspecified atom stereocenters. The second-order valence-corrected chi connectivity index (χ2v) is 7.92. The molecule has 0 aromatic rings. The van der Waals surface area contributed by atoms with E-state index in [1.807, 2.05) is 19.9 Å². The number of nitrogens with zero attached hydrogens (tertiary/aromatic N) is 3. The molecule has 1 saturated heterocycles. The van der Waals surface area contributed by atoms with Gasteiger partial charge in [-0.3, -0.25) is 9.59 Å². The number of nitriles is 2. The zero-order valence-corrected chi connectivity index (χ0v) is 15.6. The Hall–Kier alpha value is -2.03. The van der Waals surface area contributed by atoms with Crippen LogP contribution in [-0.2, 0) is 14.3 Å².